The summed E-state index contributed by atoms with van der Waals surface area (Å²) in [6, 6.07) is 0. The molecular weight excluding hydrogens is 192 g/mol. The lowest BCUT2D eigenvalue weighted by atomic mass is 10.3. The average Bonchev–Trinajstić information content (AvgIpc) is 2.82. The van der Waals surface area contributed by atoms with Crippen LogP contribution in [0.4, 0.5) is 0 Å². The van der Waals surface area contributed by atoms with Crippen molar-refractivity contribution in [1.82, 2.24) is 25.1 Å². The molecule has 0 saturated heterocycles. The Labute approximate surface area is 85.9 Å². The van der Waals surface area contributed by atoms with Crippen molar-refractivity contribution in [3.05, 3.63) is 42.7 Å². The first kappa shape index (κ1) is 8.10. The van der Waals surface area contributed by atoms with E-state index in [0.29, 0.717) is 5.84 Å². The Morgan fingerprint density at radius 2 is 2.33 bits per heavy atom. The summed E-state index contributed by atoms with van der Waals surface area (Å²) >= 11 is 0. The van der Waals surface area contributed by atoms with Crippen molar-refractivity contribution in [3.8, 4) is 0 Å². The molecule has 0 fully saturated rings. The molecule has 2 aliphatic rings. The Bertz CT molecular complexity index is 479. The summed E-state index contributed by atoms with van der Waals surface area (Å²) in [5.41, 5.74) is 0. The van der Waals surface area contributed by atoms with Gasteiger partial charge in [0.15, 0.2) is 12.2 Å². The highest BCUT2D eigenvalue weighted by molar-refractivity contribution is 5.94. The van der Waals surface area contributed by atoms with Gasteiger partial charge < -0.3 is 4.90 Å². The van der Waals surface area contributed by atoms with E-state index in [1.165, 1.54) is 11.1 Å². The zero-order chi connectivity index (χ0) is 10.1. The molecule has 0 atom stereocenters. The third-order valence-electron chi connectivity index (χ3n) is 2.16. The standard InChI is InChI=1S/C9H8N6/c1-2-5-14-6-4-9(12-8(14)3-1)15-11-7-10-13-15/h1-4,6-7H,5H2. The van der Waals surface area contributed by atoms with Gasteiger partial charge in [-0.15, -0.1) is 15.0 Å². The molecule has 3 rings (SSSR count). The quantitative estimate of drug-likeness (QED) is 0.598. The molecule has 15 heavy (non-hydrogen) atoms. The first-order valence-electron chi connectivity index (χ1n) is 4.57. The predicted molar refractivity (Wildman–Crippen MR) is 53.7 cm³/mol. The Morgan fingerprint density at radius 1 is 1.33 bits per heavy atom. The summed E-state index contributed by atoms with van der Waals surface area (Å²) in [6.45, 7) is 0.851. The zero-order valence-corrected chi connectivity index (χ0v) is 7.85. The number of allylic oxidation sites excluding steroid dienone is 3. The molecule has 0 aromatic carbocycles. The molecule has 2 aliphatic heterocycles. The maximum absolute atomic E-state index is 4.41. The highest BCUT2D eigenvalue weighted by atomic mass is 15.6. The summed E-state index contributed by atoms with van der Waals surface area (Å²) in [4.78, 5) is 7.85. The van der Waals surface area contributed by atoms with E-state index in [2.05, 4.69) is 26.5 Å². The van der Waals surface area contributed by atoms with Crippen molar-refractivity contribution in [1.29, 1.82) is 0 Å². The number of hydrogen-bond acceptors (Lipinski definition) is 5. The van der Waals surface area contributed by atoms with E-state index in [-0.39, 0.29) is 0 Å². The van der Waals surface area contributed by atoms with E-state index in [1.54, 1.807) is 0 Å². The SMILES string of the molecule is C1=CCN2C=CC(n3ncnn3)=NC2=C1. The molecule has 0 N–H and O–H groups in total. The minimum atomic E-state index is 0.672. The molecule has 0 bridgehead atoms. The van der Waals surface area contributed by atoms with Crippen LogP contribution in [0.1, 0.15) is 0 Å². The Balaban J connectivity index is 2.00. The van der Waals surface area contributed by atoms with Crippen molar-refractivity contribution in [3.63, 3.8) is 0 Å². The molecule has 6 heteroatoms. The van der Waals surface area contributed by atoms with Gasteiger partial charge in [0.05, 0.1) is 0 Å². The molecule has 0 amide bonds. The van der Waals surface area contributed by atoms with Crippen LogP contribution in [0.15, 0.2) is 47.6 Å². The van der Waals surface area contributed by atoms with E-state index in [9.17, 15) is 0 Å². The number of nitrogens with zero attached hydrogens (tertiary/aromatic N) is 6. The van der Waals surface area contributed by atoms with Gasteiger partial charge in [-0.25, -0.2) is 4.99 Å². The molecule has 0 saturated carbocycles. The third-order valence-corrected chi connectivity index (χ3v) is 2.16. The van der Waals surface area contributed by atoms with Crippen molar-refractivity contribution < 1.29 is 0 Å². The molecule has 3 heterocycles. The van der Waals surface area contributed by atoms with Gasteiger partial charge in [-0.2, -0.15) is 0 Å². The summed E-state index contributed by atoms with van der Waals surface area (Å²) in [5.74, 6) is 1.57. The molecule has 74 valence electrons. The van der Waals surface area contributed by atoms with Crippen LogP contribution < -0.4 is 0 Å². The summed E-state index contributed by atoms with van der Waals surface area (Å²) < 4.78 is 0. The fourth-order valence-electron chi connectivity index (χ4n) is 1.45. The van der Waals surface area contributed by atoms with Gasteiger partial charge in [0.25, 0.3) is 0 Å². The van der Waals surface area contributed by atoms with Crippen LogP contribution in [0.3, 0.4) is 0 Å². The fraction of sp³-hybridized carbons (Fsp3) is 0.111. The van der Waals surface area contributed by atoms with Crippen LogP contribution in [0.2, 0.25) is 0 Å². The fourth-order valence-corrected chi connectivity index (χ4v) is 1.45. The Kier molecular flexibility index (Phi) is 1.71. The normalized spacial score (nSPS) is 18.5. The van der Waals surface area contributed by atoms with E-state index in [1.807, 2.05) is 29.3 Å². The number of hydrogen-bond donors (Lipinski definition) is 0. The molecule has 1 aromatic heterocycles. The van der Waals surface area contributed by atoms with Crippen LogP contribution in [0, 0.1) is 0 Å². The van der Waals surface area contributed by atoms with Crippen LogP contribution in [-0.4, -0.2) is 37.5 Å². The van der Waals surface area contributed by atoms with Crippen molar-refractivity contribution >= 4 is 5.84 Å². The van der Waals surface area contributed by atoms with E-state index in [4.69, 9.17) is 0 Å². The maximum atomic E-state index is 4.41. The molecule has 1 aromatic rings. The van der Waals surface area contributed by atoms with Gasteiger partial charge in [0.1, 0.15) is 5.82 Å². The highest BCUT2D eigenvalue weighted by Gasteiger charge is 2.14. The highest BCUT2D eigenvalue weighted by Crippen LogP contribution is 2.15. The van der Waals surface area contributed by atoms with Crippen LogP contribution >= 0.6 is 0 Å². The number of aromatic nitrogens is 4. The molecule has 6 nitrogen and oxygen atoms in total. The largest absolute Gasteiger partial charge is 0.329 e. The van der Waals surface area contributed by atoms with Gasteiger partial charge >= 0.3 is 0 Å². The first-order chi connectivity index (χ1) is 7.43. The van der Waals surface area contributed by atoms with E-state index >= 15 is 0 Å². The summed E-state index contributed by atoms with van der Waals surface area (Å²) in [5, 5.41) is 11.4. The van der Waals surface area contributed by atoms with Gasteiger partial charge in [0, 0.05) is 18.8 Å². The Hall–Kier alpha value is -2.24. The van der Waals surface area contributed by atoms with E-state index < -0.39 is 0 Å². The van der Waals surface area contributed by atoms with E-state index in [0.717, 1.165) is 12.4 Å². The number of rotatable bonds is 0. The van der Waals surface area contributed by atoms with Gasteiger partial charge in [-0.1, -0.05) is 12.2 Å². The molecule has 0 spiro atoms. The minimum Gasteiger partial charge on any atom is -0.329 e. The van der Waals surface area contributed by atoms with Gasteiger partial charge in [-0.3, -0.25) is 0 Å². The second-order valence-corrected chi connectivity index (χ2v) is 3.12. The smallest absolute Gasteiger partial charge is 0.179 e. The van der Waals surface area contributed by atoms with Crippen LogP contribution in [0.5, 0.6) is 0 Å². The lowest BCUT2D eigenvalue weighted by Crippen LogP contribution is -2.25. The monoisotopic (exact) mass is 200 g/mol. The predicted octanol–water partition coefficient (Wildman–Crippen LogP) is 0.160. The van der Waals surface area contributed by atoms with Gasteiger partial charge in [-0.05, 0) is 11.3 Å². The molecular formula is C9H8N6. The first-order valence-corrected chi connectivity index (χ1v) is 4.57. The summed E-state index contributed by atoms with van der Waals surface area (Å²) in [6.07, 6.45) is 11.2. The second-order valence-electron chi connectivity index (χ2n) is 3.12. The number of aliphatic imine (C=N–C) groups is 1. The topological polar surface area (TPSA) is 59.2 Å². The second kappa shape index (κ2) is 3.16. The van der Waals surface area contributed by atoms with Crippen LogP contribution in [0.25, 0.3) is 0 Å². The lowest BCUT2D eigenvalue weighted by Gasteiger charge is -2.24. The third kappa shape index (κ3) is 1.35. The van der Waals surface area contributed by atoms with Crippen molar-refractivity contribution in [2.45, 2.75) is 0 Å². The van der Waals surface area contributed by atoms with Crippen molar-refractivity contribution in [2.75, 3.05) is 6.54 Å². The number of tetrazole rings is 1. The van der Waals surface area contributed by atoms with Crippen molar-refractivity contribution in [2.24, 2.45) is 4.99 Å². The van der Waals surface area contributed by atoms with Gasteiger partial charge in [0.2, 0.25) is 0 Å². The molecule has 0 radical (unpaired) electrons. The summed E-state index contributed by atoms with van der Waals surface area (Å²) in [7, 11) is 0. The molecule has 0 aliphatic carbocycles. The van der Waals surface area contributed by atoms with Crippen LogP contribution in [-0.2, 0) is 0 Å². The lowest BCUT2D eigenvalue weighted by molar-refractivity contribution is 0.498. The Morgan fingerprint density at radius 3 is 3.20 bits per heavy atom. The average molecular weight is 200 g/mol. The zero-order valence-electron chi connectivity index (χ0n) is 7.85. The molecule has 0 unspecified atom stereocenters. The maximum Gasteiger partial charge on any atom is 0.179 e. The minimum absolute atomic E-state index is 0.672. The number of fused-ring (bicyclic) bond motifs is 1.